The summed E-state index contributed by atoms with van der Waals surface area (Å²) in [5.74, 6) is 0.237. The van der Waals surface area contributed by atoms with Gasteiger partial charge >= 0.3 is 0 Å². The Bertz CT molecular complexity index is 221. The molecule has 1 rings (SSSR count). The van der Waals surface area contributed by atoms with Crippen molar-refractivity contribution in [1.29, 1.82) is 0 Å². The topological polar surface area (TPSA) is 41.6 Å². The molecule has 1 N–H and O–H groups in total. The highest BCUT2D eigenvalue weighted by Crippen LogP contribution is 2.16. The van der Waals surface area contributed by atoms with Crippen molar-refractivity contribution < 1.29 is 9.53 Å². The van der Waals surface area contributed by atoms with E-state index in [9.17, 15) is 4.79 Å². The first-order chi connectivity index (χ1) is 7.74. The van der Waals surface area contributed by atoms with Crippen molar-refractivity contribution in [3.05, 3.63) is 0 Å². The molecule has 94 valence electrons. The predicted octanol–water partition coefficient (Wildman–Crippen LogP) is 1.36. The lowest BCUT2D eigenvalue weighted by atomic mass is 10.2. The quantitative estimate of drug-likeness (QED) is 0.669. The second-order valence-corrected chi connectivity index (χ2v) is 4.16. The van der Waals surface area contributed by atoms with Crippen molar-refractivity contribution in [3.8, 4) is 0 Å². The highest BCUT2D eigenvalue weighted by Gasteiger charge is 2.36. The summed E-state index contributed by atoms with van der Waals surface area (Å²) in [5, 5.41) is 3.39. The molecule has 1 amide bonds. The first-order valence-electron chi connectivity index (χ1n) is 6.38. The van der Waals surface area contributed by atoms with E-state index in [0.717, 1.165) is 19.3 Å². The summed E-state index contributed by atoms with van der Waals surface area (Å²) in [6.07, 6.45) is 3.19. The maximum atomic E-state index is 12.0. The zero-order chi connectivity index (χ0) is 12.0. The van der Waals surface area contributed by atoms with E-state index < -0.39 is 0 Å². The van der Waals surface area contributed by atoms with E-state index in [1.807, 2.05) is 18.7 Å². The lowest BCUT2D eigenvalue weighted by molar-refractivity contribution is -0.130. The van der Waals surface area contributed by atoms with Crippen molar-refractivity contribution in [2.45, 2.75) is 52.2 Å². The van der Waals surface area contributed by atoms with E-state index in [1.165, 1.54) is 0 Å². The maximum absolute atomic E-state index is 12.0. The average molecular weight is 228 g/mol. The van der Waals surface area contributed by atoms with Crippen molar-refractivity contribution in [2.75, 3.05) is 19.8 Å². The number of hydrogen-bond donors (Lipinski definition) is 1. The van der Waals surface area contributed by atoms with Crippen LogP contribution in [-0.2, 0) is 9.53 Å². The Balaban J connectivity index is 2.50. The van der Waals surface area contributed by atoms with Crippen LogP contribution >= 0.6 is 0 Å². The van der Waals surface area contributed by atoms with Crippen LogP contribution in [0.2, 0.25) is 0 Å². The summed E-state index contributed by atoms with van der Waals surface area (Å²) < 4.78 is 5.32. The third-order valence-corrected chi connectivity index (χ3v) is 3.00. The Morgan fingerprint density at radius 2 is 2.12 bits per heavy atom. The zero-order valence-corrected chi connectivity index (χ0v) is 10.7. The summed E-state index contributed by atoms with van der Waals surface area (Å²) in [6.45, 7) is 8.23. The van der Waals surface area contributed by atoms with E-state index in [0.29, 0.717) is 19.8 Å². The molecule has 0 aromatic rings. The fraction of sp³-hybridized carbons (Fsp3) is 0.917. The number of ether oxygens (including phenoxy) is 1. The van der Waals surface area contributed by atoms with E-state index in [2.05, 4.69) is 12.2 Å². The molecule has 0 aromatic carbocycles. The lowest BCUT2D eigenvalue weighted by Crippen LogP contribution is -2.39. The molecule has 4 nitrogen and oxygen atoms in total. The lowest BCUT2D eigenvalue weighted by Gasteiger charge is -2.23. The van der Waals surface area contributed by atoms with Gasteiger partial charge in [0.1, 0.15) is 0 Å². The standard InChI is InChI=1S/C12H24N2O2/c1-4-7-11-13-10(5-2)12(15)14(11)8-9-16-6-3/h10-11,13H,4-9H2,1-3H3. The van der Waals surface area contributed by atoms with Crippen molar-refractivity contribution in [2.24, 2.45) is 0 Å². The molecule has 1 saturated heterocycles. The van der Waals surface area contributed by atoms with Gasteiger partial charge in [-0.2, -0.15) is 0 Å². The molecule has 0 saturated carbocycles. The molecule has 0 radical (unpaired) electrons. The van der Waals surface area contributed by atoms with Gasteiger partial charge in [-0.25, -0.2) is 0 Å². The Hall–Kier alpha value is -0.610. The van der Waals surface area contributed by atoms with Gasteiger partial charge in [0.15, 0.2) is 0 Å². The minimum absolute atomic E-state index is 0.0122. The fourth-order valence-corrected chi connectivity index (χ4v) is 2.13. The summed E-state index contributed by atoms with van der Waals surface area (Å²) >= 11 is 0. The van der Waals surface area contributed by atoms with Gasteiger partial charge in [0.25, 0.3) is 0 Å². The largest absolute Gasteiger partial charge is 0.380 e. The first-order valence-corrected chi connectivity index (χ1v) is 6.38. The van der Waals surface area contributed by atoms with Crippen LogP contribution in [0.3, 0.4) is 0 Å². The number of hydrogen-bond acceptors (Lipinski definition) is 3. The zero-order valence-electron chi connectivity index (χ0n) is 10.7. The number of rotatable bonds is 7. The van der Waals surface area contributed by atoms with E-state index in [1.54, 1.807) is 0 Å². The van der Waals surface area contributed by atoms with Crippen LogP contribution in [0.1, 0.15) is 40.0 Å². The Morgan fingerprint density at radius 3 is 2.69 bits per heavy atom. The Morgan fingerprint density at radius 1 is 1.38 bits per heavy atom. The molecule has 0 aromatic heterocycles. The number of nitrogens with one attached hydrogen (secondary N) is 1. The van der Waals surface area contributed by atoms with E-state index >= 15 is 0 Å². The molecule has 1 fully saturated rings. The number of carbonyl (C=O) groups is 1. The molecular weight excluding hydrogens is 204 g/mol. The minimum Gasteiger partial charge on any atom is -0.380 e. The van der Waals surface area contributed by atoms with Crippen LogP contribution in [-0.4, -0.2) is 42.8 Å². The molecule has 1 aliphatic rings. The van der Waals surface area contributed by atoms with Crippen molar-refractivity contribution in [3.63, 3.8) is 0 Å². The van der Waals surface area contributed by atoms with Crippen LogP contribution < -0.4 is 5.32 Å². The Labute approximate surface area is 98.3 Å². The van der Waals surface area contributed by atoms with Crippen molar-refractivity contribution >= 4 is 5.91 Å². The fourth-order valence-electron chi connectivity index (χ4n) is 2.13. The smallest absolute Gasteiger partial charge is 0.241 e. The van der Waals surface area contributed by atoms with Crippen LogP contribution in [0, 0.1) is 0 Å². The predicted molar refractivity (Wildman–Crippen MR) is 64.1 cm³/mol. The molecule has 2 unspecified atom stereocenters. The second kappa shape index (κ2) is 6.86. The summed E-state index contributed by atoms with van der Waals surface area (Å²) in [6, 6.07) is 0.0122. The monoisotopic (exact) mass is 228 g/mol. The number of amides is 1. The molecule has 4 heteroatoms. The van der Waals surface area contributed by atoms with Crippen LogP contribution in [0.4, 0.5) is 0 Å². The summed E-state index contributed by atoms with van der Waals surface area (Å²) in [5.41, 5.74) is 0. The van der Waals surface area contributed by atoms with Crippen LogP contribution in [0.25, 0.3) is 0 Å². The average Bonchev–Trinajstić information content (AvgIpc) is 2.58. The summed E-state index contributed by atoms with van der Waals surface area (Å²) in [4.78, 5) is 14.0. The Kier molecular flexibility index (Phi) is 5.77. The third kappa shape index (κ3) is 3.19. The molecule has 1 aliphatic heterocycles. The maximum Gasteiger partial charge on any atom is 0.241 e. The van der Waals surface area contributed by atoms with Gasteiger partial charge in [-0.3, -0.25) is 10.1 Å². The minimum atomic E-state index is 0.0122. The molecule has 16 heavy (non-hydrogen) atoms. The van der Waals surface area contributed by atoms with Gasteiger partial charge in [-0.15, -0.1) is 0 Å². The number of nitrogens with zero attached hydrogens (tertiary/aromatic N) is 1. The second-order valence-electron chi connectivity index (χ2n) is 4.16. The number of carbonyl (C=O) groups excluding carboxylic acids is 1. The van der Waals surface area contributed by atoms with Gasteiger partial charge < -0.3 is 9.64 Å². The van der Waals surface area contributed by atoms with Gasteiger partial charge in [-0.05, 0) is 19.8 Å². The van der Waals surface area contributed by atoms with E-state index in [4.69, 9.17) is 4.74 Å². The highest BCUT2D eigenvalue weighted by molar-refractivity contribution is 5.84. The molecular formula is C12H24N2O2. The molecule has 0 bridgehead atoms. The van der Waals surface area contributed by atoms with E-state index in [-0.39, 0.29) is 18.1 Å². The molecule has 2 atom stereocenters. The molecule has 0 spiro atoms. The SMILES string of the molecule is CCCC1NC(CC)C(=O)N1CCOCC. The van der Waals surface area contributed by atoms with Gasteiger partial charge in [0, 0.05) is 13.2 Å². The highest BCUT2D eigenvalue weighted by atomic mass is 16.5. The van der Waals surface area contributed by atoms with Crippen molar-refractivity contribution in [1.82, 2.24) is 10.2 Å². The van der Waals surface area contributed by atoms with Gasteiger partial charge in [0.05, 0.1) is 18.8 Å². The first kappa shape index (κ1) is 13.5. The normalized spacial score (nSPS) is 25.4. The summed E-state index contributed by atoms with van der Waals surface area (Å²) in [7, 11) is 0. The third-order valence-electron chi connectivity index (χ3n) is 3.00. The van der Waals surface area contributed by atoms with Crippen LogP contribution in [0.5, 0.6) is 0 Å². The van der Waals surface area contributed by atoms with Crippen LogP contribution in [0.15, 0.2) is 0 Å². The van der Waals surface area contributed by atoms with Gasteiger partial charge in [-0.1, -0.05) is 20.3 Å². The molecule has 1 heterocycles. The molecule has 0 aliphatic carbocycles. The van der Waals surface area contributed by atoms with Gasteiger partial charge in [0.2, 0.25) is 5.91 Å².